The van der Waals surface area contributed by atoms with Crippen molar-refractivity contribution in [1.82, 2.24) is 0 Å². The molecule has 0 amide bonds. The molecular formula is C12H20O2. The van der Waals surface area contributed by atoms with Crippen molar-refractivity contribution in [2.45, 2.75) is 63.6 Å². The van der Waals surface area contributed by atoms with Gasteiger partial charge in [-0.2, -0.15) is 0 Å². The second-order valence-corrected chi connectivity index (χ2v) is 4.62. The Morgan fingerprint density at radius 1 is 0.857 bits per heavy atom. The van der Waals surface area contributed by atoms with E-state index in [9.17, 15) is 10.2 Å². The molecule has 14 heavy (non-hydrogen) atoms. The summed E-state index contributed by atoms with van der Waals surface area (Å²) in [5.41, 5.74) is 2.76. The van der Waals surface area contributed by atoms with Gasteiger partial charge in [-0.05, 0) is 50.5 Å². The number of hydrogen-bond acceptors (Lipinski definition) is 2. The van der Waals surface area contributed by atoms with Gasteiger partial charge in [-0.25, -0.2) is 0 Å². The minimum atomic E-state index is -0.172. The van der Waals surface area contributed by atoms with Crippen LogP contribution in [0.15, 0.2) is 11.1 Å². The highest BCUT2D eigenvalue weighted by atomic mass is 16.3. The second kappa shape index (κ2) is 4.45. The van der Waals surface area contributed by atoms with Gasteiger partial charge in [0.25, 0.3) is 0 Å². The maximum atomic E-state index is 9.87. The predicted molar refractivity (Wildman–Crippen MR) is 56.0 cm³/mol. The first kappa shape index (κ1) is 10.2. The van der Waals surface area contributed by atoms with Gasteiger partial charge in [-0.1, -0.05) is 12.0 Å². The summed E-state index contributed by atoms with van der Waals surface area (Å²) in [7, 11) is 0. The van der Waals surface area contributed by atoms with E-state index >= 15 is 0 Å². The van der Waals surface area contributed by atoms with Crippen molar-refractivity contribution in [2.75, 3.05) is 0 Å². The number of aliphatic hydroxyl groups is 2. The number of hydrogen-bond donors (Lipinski definition) is 2. The van der Waals surface area contributed by atoms with Crippen molar-refractivity contribution in [3.63, 3.8) is 0 Å². The third-order valence-corrected chi connectivity index (χ3v) is 3.59. The van der Waals surface area contributed by atoms with Crippen molar-refractivity contribution >= 4 is 0 Å². The average molecular weight is 196 g/mol. The maximum absolute atomic E-state index is 9.87. The Hall–Kier alpha value is -0.340. The van der Waals surface area contributed by atoms with E-state index in [2.05, 4.69) is 0 Å². The zero-order valence-electron chi connectivity index (χ0n) is 8.71. The number of aliphatic hydroxyl groups excluding tert-OH is 2. The Bertz CT molecular complexity index is 222. The Morgan fingerprint density at radius 3 is 2.21 bits per heavy atom. The summed E-state index contributed by atoms with van der Waals surface area (Å²) in [5, 5.41) is 19.3. The maximum Gasteiger partial charge on any atom is 0.0752 e. The lowest BCUT2D eigenvalue weighted by Crippen LogP contribution is -2.20. The van der Waals surface area contributed by atoms with Crippen molar-refractivity contribution in [3.05, 3.63) is 11.1 Å². The van der Waals surface area contributed by atoms with E-state index in [1.165, 1.54) is 24.0 Å². The Kier molecular flexibility index (Phi) is 3.24. The van der Waals surface area contributed by atoms with E-state index in [0.717, 1.165) is 38.5 Å². The van der Waals surface area contributed by atoms with Gasteiger partial charge >= 0.3 is 0 Å². The molecule has 0 saturated heterocycles. The summed E-state index contributed by atoms with van der Waals surface area (Å²) in [6.07, 6.45) is 7.97. The van der Waals surface area contributed by atoms with Crippen LogP contribution in [-0.2, 0) is 0 Å². The zero-order valence-corrected chi connectivity index (χ0v) is 8.71. The smallest absolute Gasteiger partial charge is 0.0752 e. The van der Waals surface area contributed by atoms with Gasteiger partial charge in [-0.3, -0.25) is 0 Å². The third-order valence-electron chi connectivity index (χ3n) is 3.59. The molecule has 2 heteroatoms. The first-order chi connectivity index (χ1) is 6.77. The third kappa shape index (κ3) is 2.18. The van der Waals surface area contributed by atoms with E-state index in [0.29, 0.717) is 0 Å². The van der Waals surface area contributed by atoms with Gasteiger partial charge in [0.15, 0.2) is 0 Å². The molecule has 0 heterocycles. The number of rotatable bonds is 0. The van der Waals surface area contributed by atoms with Crippen LogP contribution in [0.1, 0.15) is 51.4 Å². The average Bonchev–Trinajstić information content (AvgIpc) is 2.20. The molecule has 0 aliphatic heterocycles. The second-order valence-electron chi connectivity index (χ2n) is 4.62. The van der Waals surface area contributed by atoms with Crippen molar-refractivity contribution in [3.8, 4) is 0 Å². The first-order valence-corrected chi connectivity index (χ1v) is 5.84. The molecule has 80 valence electrons. The Labute approximate surface area is 85.6 Å². The largest absolute Gasteiger partial charge is 0.393 e. The van der Waals surface area contributed by atoms with E-state index in [-0.39, 0.29) is 12.2 Å². The highest BCUT2D eigenvalue weighted by molar-refractivity contribution is 5.21. The van der Waals surface area contributed by atoms with Crippen LogP contribution in [-0.4, -0.2) is 22.4 Å². The number of allylic oxidation sites excluding steroid dienone is 1. The van der Waals surface area contributed by atoms with Crippen LogP contribution in [0.25, 0.3) is 0 Å². The molecule has 2 fully saturated rings. The van der Waals surface area contributed by atoms with Gasteiger partial charge < -0.3 is 10.2 Å². The lowest BCUT2D eigenvalue weighted by molar-refractivity contribution is 0.138. The fourth-order valence-electron chi connectivity index (χ4n) is 2.68. The normalized spacial score (nSPS) is 34.7. The molecule has 2 saturated carbocycles. The highest BCUT2D eigenvalue weighted by Crippen LogP contribution is 2.33. The van der Waals surface area contributed by atoms with Gasteiger partial charge in [0.05, 0.1) is 12.2 Å². The highest BCUT2D eigenvalue weighted by Gasteiger charge is 2.22. The van der Waals surface area contributed by atoms with E-state index in [1.807, 2.05) is 0 Å². The predicted octanol–water partition coefficient (Wildman–Crippen LogP) is 2.15. The zero-order chi connectivity index (χ0) is 9.97. The molecule has 0 aromatic heterocycles. The van der Waals surface area contributed by atoms with Crippen LogP contribution < -0.4 is 0 Å². The minimum Gasteiger partial charge on any atom is -0.393 e. The SMILES string of the molecule is OC1CCC(=C2CCCCC2O)CC1. The van der Waals surface area contributed by atoms with Gasteiger partial charge in [0.1, 0.15) is 0 Å². The fraction of sp³-hybridized carbons (Fsp3) is 0.833. The minimum absolute atomic E-state index is 0.0971. The summed E-state index contributed by atoms with van der Waals surface area (Å²) in [6.45, 7) is 0. The Balaban J connectivity index is 2.05. The molecule has 1 atom stereocenters. The molecular weight excluding hydrogens is 176 g/mol. The molecule has 1 unspecified atom stereocenters. The summed E-state index contributed by atoms with van der Waals surface area (Å²) in [5.74, 6) is 0. The van der Waals surface area contributed by atoms with Crippen molar-refractivity contribution in [1.29, 1.82) is 0 Å². The molecule has 0 bridgehead atoms. The molecule has 2 nitrogen and oxygen atoms in total. The lowest BCUT2D eigenvalue weighted by Gasteiger charge is -2.28. The molecule has 0 radical (unpaired) electrons. The topological polar surface area (TPSA) is 40.5 Å². The molecule has 0 spiro atoms. The summed E-state index contributed by atoms with van der Waals surface area (Å²) in [4.78, 5) is 0. The van der Waals surface area contributed by atoms with Crippen LogP contribution in [0.5, 0.6) is 0 Å². The van der Waals surface area contributed by atoms with E-state index < -0.39 is 0 Å². The van der Waals surface area contributed by atoms with Gasteiger partial charge in [0.2, 0.25) is 0 Å². The first-order valence-electron chi connectivity index (χ1n) is 5.84. The summed E-state index contributed by atoms with van der Waals surface area (Å²) in [6, 6.07) is 0. The van der Waals surface area contributed by atoms with Gasteiger partial charge in [-0.15, -0.1) is 0 Å². The van der Waals surface area contributed by atoms with Crippen LogP contribution in [0.4, 0.5) is 0 Å². The fourth-order valence-corrected chi connectivity index (χ4v) is 2.68. The van der Waals surface area contributed by atoms with E-state index in [1.54, 1.807) is 0 Å². The van der Waals surface area contributed by atoms with Crippen LogP contribution in [0.3, 0.4) is 0 Å². The van der Waals surface area contributed by atoms with Crippen LogP contribution >= 0.6 is 0 Å². The quantitative estimate of drug-likeness (QED) is 0.583. The monoisotopic (exact) mass is 196 g/mol. The van der Waals surface area contributed by atoms with Crippen LogP contribution in [0.2, 0.25) is 0 Å². The summed E-state index contributed by atoms with van der Waals surface area (Å²) >= 11 is 0. The standard InChI is InChI=1S/C12H20O2/c13-10-7-5-9(6-8-10)11-3-1-2-4-12(11)14/h10,12-14H,1-8H2. The van der Waals surface area contributed by atoms with Gasteiger partial charge in [0, 0.05) is 0 Å². The van der Waals surface area contributed by atoms with E-state index in [4.69, 9.17) is 0 Å². The molecule has 0 aromatic carbocycles. The molecule has 2 N–H and O–H groups in total. The molecule has 2 rings (SSSR count). The lowest BCUT2D eigenvalue weighted by atomic mass is 9.82. The van der Waals surface area contributed by atoms with Crippen molar-refractivity contribution < 1.29 is 10.2 Å². The molecule has 0 aromatic rings. The summed E-state index contributed by atoms with van der Waals surface area (Å²) < 4.78 is 0. The van der Waals surface area contributed by atoms with Crippen LogP contribution in [0, 0.1) is 0 Å². The molecule has 2 aliphatic rings. The Morgan fingerprint density at radius 2 is 1.57 bits per heavy atom. The molecule has 2 aliphatic carbocycles. The van der Waals surface area contributed by atoms with Crippen molar-refractivity contribution in [2.24, 2.45) is 0 Å².